The van der Waals surface area contributed by atoms with Crippen LogP contribution in [0.2, 0.25) is 0 Å². The van der Waals surface area contributed by atoms with Gasteiger partial charge in [0.25, 0.3) is 0 Å². The van der Waals surface area contributed by atoms with Crippen molar-refractivity contribution in [3.63, 3.8) is 0 Å². The highest BCUT2D eigenvalue weighted by molar-refractivity contribution is 5.92. The van der Waals surface area contributed by atoms with Crippen molar-refractivity contribution in [2.24, 2.45) is 5.41 Å². The average Bonchev–Trinajstić information content (AvgIpc) is 2.92. The second-order valence-corrected chi connectivity index (χ2v) is 10.2. The van der Waals surface area contributed by atoms with Crippen LogP contribution in [-0.2, 0) is 14.6 Å². The molecule has 0 saturated heterocycles. The minimum Gasteiger partial charge on any atom is -0.478 e. The molecule has 0 amide bonds. The Morgan fingerprint density at radius 3 is 1.82 bits per heavy atom. The lowest BCUT2D eigenvalue weighted by atomic mass is 9.72. The van der Waals surface area contributed by atoms with Crippen molar-refractivity contribution in [1.29, 1.82) is 0 Å². The van der Waals surface area contributed by atoms with Crippen LogP contribution in [0, 0.1) is 5.41 Å². The molecule has 3 rings (SSSR count). The van der Waals surface area contributed by atoms with Crippen molar-refractivity contribution in [3.8, 4) is 0 Å². The van der Waals surface area contributed by atoms with Crippen LogP contribution in [0.1, 0.15) is 74.6 Å². The van der Waals surface area contributed by atoms with Gasteiger partial charge >= 0.3 is 17.9 Å². The summed E-state index contributed by atoms with van der Waals surface area (Å²) in [5, 5.41) is 8.65. The monoisotopic (exact) mass is 542 g/mol. The van der Waals surface area contributed by atoms with Gasteiger partial charge in [0.1, 0.15) is 0 Å². The Balaban J connectivity index is 0.000000285. The Morgan fingerprint density at radius 2 is 1.35 bits per heavy atom. The maximum Gasteiger partial charge on any atom is 0.386 e. The lowest BCUT2D eigenvalue weighted by Crippen LogP contribution is -2.19. The van der Waals surface area contributed by atoms with E-state index in [1.807, 2.05) is 12.2 Å². The van der Waals surface area contributed by atoms with Crippen LogP contribution in [0.3, 0.4) is 0 Å². The van der Waals surface area contributed by atoms with Gasteiger partial charge in [-0.05, 0) is 80.9 Å². The van der Waals surface area contributed by atoms with Crippen LogP contribution in [0.4, 0.5) is 0 Å². The summed E-state index contributed by atoms with van der Waals surface area (Å²) in [6.07, 6.45) is 15.0. The van der Waals surface area contributed by atoms with E-state index >= 15 is 0 Å². The topological polar surface area (TPSA) is 89.9 Å². The van der Waals surface area contributed by atoms with Crippen molar-refractivity contribution in [3.05, 3.63) is 131 Å². The van der Waals surface area contributed by atoms with E-state index in [1.54, 1.807) is 73.7 Å². The lowest BCUT2D eigenvalue weighted by molar-refractivity contribution is -0.187. The second-order valence-electron chi connectivity index (χ2n) is 10.2. The molecule has 0 unspecified atom stereocenters. The first-order chi connectivity index (χ1) is 19.0. The number of hydrogen-bond donors (Lipinski definition) is 1. The van der Waals surface area contributed by atoms with Crippen molar-refractivity contribution in [2.75, 3.05) is 0 Å². The average molecular weight is 543 g/mol. The fraction of sp³-hybridized carbons (Fsp3) is 0.265. The van der Waals surface area contributed by atoms with Crippen LogP contribution in [0.15, 0.2) is 119 Å². The van der Waals surface area contributed by atoms with Crippen molar-refractivity contribution < 1.29 is 29.3 Å². The lowest BCUT2D eigenvalue weighted by Gasteiger charge is -2.32. The van der Waals surface area contributed by atoms with Crippen LogP contribution in [-0.4, -0.2) is 23.0 Å². The molecule has 2 aromatic rings. The third-order valence-electron chi connectivity index (χ3n) is 6.34. The molecular weight excluding hydrogens is 504 g/mol. The molecule has 6 nitrogen and oxygen atoms in total. The Labute approximate surface area is 237 Å². The molecule has 1 N–H and O–H groups in total. The number of carboxylic acids is 1. The molecule has 0 heterocycles. The molecular formula is C34H38O6. The van der Waals surface area contributed by atoms with Gasteiger partial charge in [0.05, 0.1) is 11.1 Å². The van der Waals surface area contributed by atoms with Crippen molar-refractivity contribution in [1.82, 2.24) is 0 Å². The first-order valence-corrected chi connectivity index (χ1v) is 13.2. The highest BCUT2D eigenvalue weighted by Gasteiger charge is 2.26. The largest absolute Gasteiger partial charge is 0.478 e. The maximum absolute atomic E-state index is 11.5. The van der Waals surface area contributed by atoms with Gasteiger partial charge in [0.15, 0.2) is 0 Å². The molecule has 0 saturated carbocycles. The molecule has 0 bridgehead atoms. The second kappa shape index (κ2) is 15.8. The van der Waals surface area contributed by atoms with Gasteiger partial charge in [0, 0.05) is 6.08 Å². The molecule has 0 spiro atoms. The van der Waals surface area contributed by atoms with Gasteiger partial charge in [-0.2, -0.15) is 0 Å². The number of aliphatic carboxylic acids is 1. The van der Waals surface area contributed by atoms with Crippen LogP contribution < -0.4 is 0 Å². The molecule has 2 aromatic carbocycles. The zero-order chi connectivity index (χ0) is 29.5. The Morgan fingerprint density at radius 1 is 0.825 bits per heavy atom. The number of rotatable bonds is 7. The predicted molar refractivity (Wildman–Crippen MR) is 157 cm³/mol. The molecule has 210 valence electrons. The van der Waals surface area contributed by atoms with Crippen molar-refractivity contribution >= 4 is 17.9 Å². The number of hydrogen-bond acceptors (Lipinski definition) is 5. The van der Waals surface area contributed by atoms with Gasteiger partial charge < -0.3 is 5.11 Å². The Hall–Kier alpha value is -4.45. The molecule has 6 heteroatoms. The zero-order valence-electron chi connectivity index (χ0n) is 23.8. The summed E-state index contributed by atoms with van der Waals surface area (Å²) in [5.74, 6) is -2.33. The highest BCUT2D eigenvalue weighted by Crippen LogP contribution is 2.40. The van der Waals surface area contributed by atoms with Gasteiger partial charge in [-0.1, -0.05) is 91.8 Å². The van der Waals surface area contributed by atoms with E-state index in [0.29, 0.717) is 11.1 Å². The third kappa shape index (κ3) is 11.1. The highest BCUT2D eigenvalue weighted by atomic mass is 17.2. The Kier molecular flexibility index (Phi) is 12.6. The number of allylic oxidation sites excluding steroid dienone is 9. The summed E-state index contributed by atoms with van der Waals surface area (Å²) in [4.78, 5) is 42.4. The first kappa shape index (κ1) is 31.8. The van der Waals surface area contributed by atoms with Crippen molar-refractivity contribution in [2.45, 2.75) is 53.9 Å². The number of carboxylic acid groups (broad SMARTS) is 1. The third-order valence-corrected chi connectivity index (χ3v) is 6.34. The fourth-order valence-corrected chi connectivity index (χ4v) is 4.20. The molecule has 0 aromatic heterocycles. The first-order valence-electron chi connectivity index (χ1n) is 13.2. The molecule has 1 aliphatic carbocycles. The minimum atomic E-state index is -0.912. The van der Waals surface area contributed by atoms with E-state index in [2.05, 4.69) is 49.6 Å². The number of carbonyl (C=O) groups is 3. The molecule has 1 aliphatic rings. The molecule has 0 aliphatic heterocycles. The standard InChI is InChI=1S/C20H28O2.C14H10O4/c1-15(8-6-9-16(2)14-19(21)22)11-12-18-17(3)10-7-13-20(18,4)5;15-13(11-7-3-1-4-8-11)17-18-14(16)12-9-5-2-6-10-12/h6,8-9,11-12,14H,7,10,13H2,1-5H3,(H,21,22);1-10H/b9-6+,12-11+,15-8+,16-14-;. The minimum absolute atomic E-state index is 0.260. The molecule has 0 fully saturated rings. The van der Waals surface area contributed by atoms with Gasteiger partial charge in [-0.15, -0.1) is 0 Å². The van der Waals surface area contributed by atoms with Gasteiger partial charge in [-0.25, -0.2) is 24.2 Å². The Bertz CT molecular complexity index is 1260. The summed E-state index contributed by atoms with van der Waals surface area (Å²) in [5.41, 5.74) is 5.73. The van der Waals surface area contributed by atoms with E-state index in [4.69, 9.17) is 5.11 Å². The summed E-state index contributed by atoms with van der Waals surface area (Å²) >= 11 is 0. The number of carbonyl (C=O) groups excluding carboxylic acids is 2. The summed E-state index contributed by atoms with van der Waals surface area (Å²) in [6.45, 7) is 10.7. The van der Waals surface area contributed by atoms with E-state index < -0.39 is 17.9 Å². The van der Waals surface area contributed by atoms with Crippen LogP contribution in [0.25, 0.3) is 0 Å². The molecule has 0 atom stereocenters. The quantitative estimate of drug-likeness (QED) is 0.164. The number of benzene rings is 2. The maximum atomic E-state index is 11.5. The summed E-state index contributed by atoms with van der Waals surface area (Å²) in [6, 6.07) is 16.6. The van der Waals surface area contributed by atoms with E-state index in [1.165, 1.54) is 36.5 Å². The van der Waals surface area contributed by atoms with Gasteiger partial charge in [-0.3, -0.25) is 0 Å². The fourth-order valence-electron chi connectivity index (χ4n) is 4.20. The van der Waals surface area contributed by atoms with E-state index in [-0.39, 0.29) is 5.41 Å². The van der Waals surface area contributed by atoms with Crippen LogP contribution >= 0.6 is 0 Å². The van der Waals surface area contributed by atoms with E-state index in [9.17, 15) is 14.4 Å². The zero-order valence-corrected chi connectivity index (χ0v) is 23.8. The van der Waals surface area contributed by atoms with Gasteiger partial charge in [0.2, 0.25) is 0 Å². The summed E-state index contributed by atoms with van der Waals surface area (Å²) in [7, 11) is 0. The normalized spacial score (nSPS) is 15.4. The predicted octanol–water partition coefficient (Wildman–Crippen LogP) is 8.22. The SMILES string of the molecule is CC1=C(/C=C/C(C)=C/C=C/C(C)=C\C(=O)O)C(C)(C)CCC1.O=C(OOC(=O)c1ccccc1)c1ccccc1. The van der Waals surface area contributed by atoms with E-state index in [0.717, 1.165) is 11.1 Å². The summed E-state index contributed by atoms with van der Waals surface area (Å²) < 4.78 is 0. The molecule has 40 heavy (non-hydrogen) atoms. The molecule has 0 radical (unpaired) electrons. The smallest absolute Gasteiger partial charge is 0.386 e. The van der Waals surface area contributed by atoms with Crippen LogP contribution in [0.5, 0.6) is 0 Å².